The van der Waals surface area contributed by atoms with Gasteiger partial charge in [0.05, 0.1) is 5.56 Å². The standard InChI is InChI=1S/C12H14N4O2/c17-10-4-1-8(7-14-10)12-16-15-11(18-12)5-6-13-9-2-3-9/h1,4,7,9,13H,2-3,5-6H2,(H,14,17). The van der Waals surface area contributed by atoms with Crippen molar-refractivity contribution in [2.45, 2.75) is 25.3 Å². The van der Waals surface area contributed by atoms with Gasteiger partial charge >= 0.3 is 0 Å². The molecule has 0 aromatic carbocycles. The second kappa shape index (κ2) is 4.73. The molecule has 0 radical (unpaired) electrons. The third kappa shape index (κ3) is 2.65. The molecule has 0 unspecified atom stereocenters. The zero-order valence-corrected chi connectivity index (χ0v) is 9.85. The predicted molar refractivity (Wildman–Crippen MR) is 65.1 cm³/mol. The van der Waals surface area contributed by atoms with Crippen molar-refractivity contribution < 1.29 is 4.42 Å². The second-order valence-electron chi connectivity index (χ2n) is 4.42. The van der Waals surface area contributed by atoms with Crippen LogP contribution in [0.25, 0.3) is 11.5 Å². The largest absolute Gasteiger partial charge is 0.421 e. The van der Waals surface area contributed by atoms with Crippen LogP contribution in [0.15, 0.2) is 27.5 Å². The van der Waals surface area contributed by atoms with Gasteiger partial charge in [-0.25, -0.2) is 0 Å². The molecule has 0 spiro atoms. The quantitative estimate of drug-likeness (QED) is 0.812. The Morgan fingerprint density at radius 2 is 2.28 bits per heavy atom. The molecule has 2 N–H and O–H groups in total. The zero-order valence-electron chi connectivity index (χ0n) is 9.85. The molecule has 0 amide bonds. The van der Waals surface area contributed by atoms with Gasteiger partial charge in [-0.1, -0.05) is 0 Å². The topological polar surface area (TPSA) is 83.8 Å². The summed E-state index contributed by atoms with van der Waals surface area (Å²) in [4.78, 5) is 13.5. The highest BCUT2D eigenvalue weighted by molar-refractivity contribution is 5.49. The Bertz CT molecular complexity index is 565. The molecule has 2 heterocycles. The summed E-state index contributed by atoms with van der Waals surface area (Å²) in [7, 11) is 0. The van der Waals surface area contributed by atoms with Crippen molar-refractivity contribution in [3.05, 3.63) is 34.6 Å². The van der Waals surface area contributed by atoms with Gasteiger partial charge in [-0.15, -0.1) is 10.2 Å². The minimum atomic E-state index is -0.146. The summed E-state index contributed by atoms with van der Waals surface area (Å²) in [6, 6.07) is 3.79. The van der Waals surface area contributed by atoms with E-state index in [0.717, 1.165) is 18.5 Å². The van der Waals surface area contributed by atoms with Gasteiger partial charge in [0.1, 0.15) is 0 Å². The first-order valence-electron chi connectivity index (χ1n) is 6.06. The Kier molecular flexibility index (Phi) is 2.93. The van der Waals surface area contributed by atoms with Gasteiger partial charge in [0.25, 0.3) is 0 Å². The lowest BCUT2D eigenvalue weighted by Crippen LogP contribution is -2.19. The molecule has 1 aliphatic carbocycles. The Hall–Kier alpha value is -1.95. The molecule has 0 atom stereocenters. The fraction of sp³-hybridized carbons (Fsp3) is 0.417. The molecule has 0 aliphatic heterocycles. The van der Waals surface area contributed by atoms with Gasteiger partial charge in [0.15, 0.2) is 0 Å². The number of pyridine rings is 1. The van der Waals surface area contributed by atoms with Crippen LogP contribution in [0, 0.1) is 0 Å². The van der Waals surface area contributed by atoms with Crippen molar-refractivity contribution in [2.24, 2.45) is 0 Å². The van der Waals surface area contributed by atoms with Gasteiger partial charge in [-0.2, -0.15) is 0 Å². The second-order valence-corrected chi connectivity index (χ2v) is 4.42. The minimum Gasteiger partial charge on any atom is -0.421 e. The summed E-state index contributed by atoms with van der Waals surface area (Å²) in [5, 5.41) is 11.3. The van der Waals surface area contributed by atoms with Gasteiger partial charge in [-0.05, 0) is 18.9 Å². The normalized spacial score (nSPS) is 14.9. The Balaban J connectivity index is 1.64. The molecule has 1 saturated carbocycles. The molecule has 18 heavy (non-hydrogen) atoms. The van der Waals surface area contributed by atoms with E-state index in [1.165, 1.54) is 18.9 Å². The van der Waals surface area contributed by atoms with E-state index in [4.69, 9.17) is 4.42 Å². The van der Waals surface area contributed by atoms with Crippen molar-refractivity contribution >= 4 is 0 Å². The fourth-order valence-electron chi connectivity index (χ4n) is 1.69. The first-order valence-corrected chi connectivity index (χ1v) is 6.06. The molecule has 0 saturated heterocycles. The molecule has 94 valence electrons. The molecule has 3 rings (SSSR count). The Morgan fingerprint density at radius 1 is 1.39 bits per heavy atom. The molecule has 1 aliphatic rings. The molecule has 6 nitrogen and oxygen atoms in total. The SMILES string of the molecule is O=c1ccc(-c2nnc(CCNC3CC3)o2)c[nH]1. The van der Waals surface area contributed by atoms with Crippen LogP contribution < -0.4 is 10.9 Å². The summed E-state index contributed by atoms with van der Waals surface area (Å²) in [5.74, 6) is 1.05. The number of nitrogens with one attached hydrogen (secondary N) is 2. The maximum absolute atomic E-state index is 10.9. The lowest BCUT2D eigenvalue weighted by Gasteiger charge is -1.97. The van der Waals surface area contributed by atoms with E-state index < -0.39 is 0 Å². The average Bonchev–Trinajstić information content (AvgIpc) is 3.08. The number of rotatable bonds is 5. The summed E-state index contributed by atoms with van der Waals surface area (Å²) in [5.41, 5.74) is 0.579. The molecule has 6 heteroatoms. The Labute approximate surface area is 103 Å². The number of aromatic nitrogens is 3. The number of hydrogen-bond acceptors (Lipinski definition) is 5. The van der Waals surface area contributed by atoms with Gasteiger partial charge in [0.2, 0.25) is 17.3 Å². The first-order chi connectivity index (χ1) is 8.81. The van der Waals surface area contributed by atoms with Crippen molar-refractivity contribution in [3.8, 4) is 11.5 Å². The van der Waals surface area contributed by atoms with E-state index in [9.17, 15) is 4.79 Å². The van der Waals surface area contributed by atoms with E-state index in [1.807, 2.05) is 0 Å². The van der Waals surface area contributed by atoms with Gasteiger partial charge in [0, 0.05) is 31.3 Å². The lowest BCUT2D eigenvalue weighted by atomic mass is 10.3. The third-order valence-corrected chi connectivity index (χ3v) is 2.85. The molecule has 2 aromatic rings. The summed E-state index contributed by atoms with van der Waals surface area (Å²) in [6.45, 7) is 0.859. The molecular formula is C12H14N4O2. The average molecular weight is 246 g/mol. The minimum absolute atomic E-state index is 0.146. The highest BCUT2D eigenvalue weighted by Gasteiger charge is 2.20. The highest BCUT2D eigenvalue weighted by atomic mass is 16.4. The van der Waals surface area contributed by atoms with E-state index >= 15 is 0 Å². The van der Waals surface area contributed by atoms with Crippen LogP contribution in [0.5, 0.6) is 0 Å². The van der Waals surface area contributed by atoms with E-state index in [0.29, 0.717) is 17.8 Å². The van der Waals surface area contributed by atoms with Crippen LogP contribution in [-0.2, 0) is 6.42 Å². The number of aromatic amines is 1. The van der Waals surface area contributed by atoms with Crippen LogP contribution in [-0.4, -0.2) is 27.8 Å². The summed E-state index contributed by atoms with van der Waals surface area (Å²) in [6.07, 6.45) is 4.84. The summed E-state index contributed by atoms with van der Waals surface area (Å²) < 4.78 is 5.53. The van der Waals surface area contributed by atoms with Crippen LogP contribution in [0.1, 0.15) is 18.7 Å². The maximum Gasteiger partial charge on any atom is 0.249 e. The summed E-state index contributed by atoms with van der Waals surface area (Å²) >= 11 is 0. The van der Waals surface area contributed by atoms with Gasteiger partial charge < -0.3 is 14.7 Å². The maximum atomic E-state index is 10.9. The number of hydrogen-bond donors (Lipinski definition) is 2. The van der Waals surface area contributed by atoms with Crippen molar-refractivity contribution in [2.75, 3.05) is 6.54 Å². The van der Waals surface area contributed by atoms with Crippen molar-refractivity contribution in [1.29, 1.82) is 0 Å². The molecule has 1 fully saturated rings. The van der Waals surface area contributed by atoms with Gasteiger partial charge in [-0.3, -0.25) is 4.79 Å². The number of H-pyrrole nitrogens is 1. The fourth-order valence-corrected chi connectivity index (χ4v) is 1.69. The van der Waals surface area contributed by atoms with E-state index in [2.05, 4.69) is 20.5 Å². The highest BCUT2D eigenvalue weighted by Crippen LogP contribution is 2.19. The van der Waals surface area contributed by atoms with E-state index in [1.54, 1.807) is 12.3 Å². The van der Waals surface area contributed by atoms with Crippen LogP contribution in [0.2, 0.25) is 0 Å². The molecular weight excluding hydrogens is 232 g/mol. The first kappa shape index (κ1) is 11.2. The number of nitrogens with zero attached hydrogens (tertiary/aromatic N) is 2. The predicted octanol–water partition coefficient (Wildman–Crippen LogP) is 0.719. The Morgan fingerprint density at radius 3 is 3.00 bits per heavy atom. The monoisotopic (exact) mass is 246 g/mol. The van der Waals surface area contributed by atoms with Crippen molar-refractivity contribution in [3.63, 3.8) is 0 Å². The van der Waals surface area contributed by atoms with Crippen LogP contribution >= 0.6 is 0 Å². The molecule has 0 bridgehead atoms. The van der Waals surface area contributed by atoms with Crippen LogP contribution in [0.3, 0.4) is 0 Å². The molecule has 2 aromatic heterocycles. The zero-order chi connectivity index (χ0) is 12.4. The van der Waals surface area contributed by atoms with E-state index in [-0.39, 0.29) is 5.56 Å². The lowest BCUT2D eigenvalue weighted by molar-refractivity contribution is 0.494. The smallest absolute Gasteiger partial charge is 0.249 e. The van der Waals surface area contributed by atoms with Crippen LogP contribution in [0.4, 0.5) is 0 Å². The van der Waals surface area contributed by atoms with Crippen molar-refractivity contribution in [1.82, 2.24) is 20.5 Å². The third-order valence-electron chi connectivity index (χ3n) is 2.85.